The number of aliphatic carboxylic acids is 1. The van der Waals surface area contributed by atoms with Crippen molar-refractivity contribution in [2.45, 2.75) is 18.9 Å². The summed E-state index contributed by atoms with van der Waals surface area (Å²) in [5.41, 5.74) is 1.47. The van der Waals surface area contributed by atoms with Crippen LogP contribution in [-0.4, -0.2) is 46.6 Å². The third-order valence-corrected chi connectivity index (χ3v) is 5.94. The minimum atomic E-state index is -1.16. The number of pyridine rings is 2. The average molecular weight is 500 g/mol. The molecule has 0 aliphatic carbocycles. The van der Waals surface area contributed by atoms with E-state index < -0.39 is 22.9 Å². The van der Waals surface area contributed by atoms with Crippen LogP contribution in [0.2, 0.25) is 0 Å². The fraction of sp³-hybridized carbons (Fsp3) is 0.185. The molecule has 4 aromatic rings. The first-order valence-electron chi connectivity index (χ1n) is 11.6. The molecule has 0 spiro atoms. The molecule has 0 unspecified atom stereocenters. The maximum atomic E-state index is 12.3. The molecule has 1 amide bonds. The number of nitrogens with zero attached hydrogens (tertiary/aromatic N) is 3. The highest BCUT2D eigenvalue weighted by Crippen LogP contribution is 2.22. The van der Waals surface area contributed by atoms with Gasteiger partial charge in [0.2, 0.25) is 0 Å². The van der Waals surface area contributed by atoms with Crippen LogP contribution < -0.4 is 26.4 Å². The SMILES string of the molecule is CN(CCc1ccncc1)c1c(N[C@@H](Cc2ccc(NC(=O)c3cccnc3)cc2)C(=O)O)c(=O)c1=O. The molecule has 10 heteroatoms. The Morgan fingerprint density at radius 3 is 2.32 bits per heavy atom. The number of benzene rings is 1. The number of carboxylic acids is 1. The number of aromatic nitrogens is 2. The first kappa shape index (κ1) is 25.2. The van der Waals surface area contributed by atoms with Crippen LogP contribution in [0.25, 0.3) is 0 Å². The molecule has 4 rings (SSSR count). The van der Waals surface area contributed by atoms with Crippen LogP contribution in [0.1, 0.15) is 21.5 Å². The third-order valence-electron chi connectivity index (χ3n) is 5.94. The van der Waals surface area contributed by atoms with Gasteiger partial charge in [0.15, 0.2) is 0 Å². The van der Waals surface area contributed by atoms with Crippen LogP contribution in [0.4, 0.5) is 17.1 Å². The lowest BCUT2D eigenvalue weighted by Gasteiger charge is -2.25. The summed E-state index contributed by atoms with van der Waals surface area (Å²) >= 11 is 0. The zero-order valence-electron chi connectivity index (χ0n) is 20.0. The number of anilines is 3. The van der Waals surface area contributed by atoms with Crippen molar-refractivity contribution in [3.63, 3.8) is 0 Å². The predicted octanol–water partition coefficient (Wildman–Crippen LogP) is 2.11. The van der Waals surface area contributed by atoms with Gasteiger partial charge in [0.05, 0.1) is 5.56 Å². The molecule has 188 valence electrons. The number of carboxylic acid groups (broad SMARTS) is 1. The summed E-state index contributed by atoms with van der Waals surface area (Å²) in [6.45, 7) is 0.466. The van der Waals surface area contributed by atoms with Gasteiger partial charge in [0.25, 0.3) is 16.8 Å². The van der Waals surface area contributed by atoms with E-state index in [-0.39, 0.29) is 23.7 Å². The van der Waals surface area contributed by atoms with Crippen molar-refractivity contribution in [1.29, 1.82) is 0 Å². The van der Waals surface area contributed by atoms with E-state index in [9.17, 15) is 24.3 Å². The molecule has 0 saturated carbocycles. The van der Waals surface area contributed by atoms with Crippen LogP contribution in [0.15, 0.2) is 82.9 Å². The zero-order valence-corrected chi connectivity index (χ0v) is 20.0. The van der Waals surface area contributed by atoms with Crippen LogP contribution in [0.3, 0.4) is 0 Å². The average Bonchev–Trinajstić information content (AvgIpc) is 2.92. The fourth-order valence-electron chi connectivity index (χ4n) is 3.87. The second-order valence-corrected chi connectivity index (χ2v) is 8.54. The summed E-state index contributed by atoms with van der Waals surface area (Å²) in [7, 11) is 1.69. The number of nitrogens with one attached hydrogen (secondary N) is 2. The van der Waals surface area contributed by atoms with E-state index in [2.05, 4.69) is 20.6 Å². The van der Waals surface area contributed by atoms with E-state index in [1.54, 1.807) is 66.9 Å². The minimum absolute atomic E-state index is 0.00924. The molecule has 10 nitrogen and oxygen atoms in total. The highest BCUT2D eigenvalue weighted by molar-refractivity contribution is 6.04. The predicted molar refractivity (Wildman–Crippen MR) is 140 cm³/mol. The maximum absolute atomic E-state index is 12.3. The normalized spacial score (nSPS) is 11.6. The van der Waals surface area contributed by atoms with Crippen molar-refractivity contribution in [3.8, 4) is 0 Å². The van der Waals surface area contributed by atoms with Crippen molar-refractivity contribution in [2.24, 2.45) is 0 Å². The Labute approximate surface area is 212 Å². The Morgan fingerprint density at radius 2 is 1.68 bits per heavy atom. The van der Waals surface area contributed by atoms with E-state index in [4.69, 9.17) is 0 Å². The van der Waals surface area contributed by atoms with Gasteiger partial charge in [-0.1, -0.05) is 12.1 Å². The van der Waals surface area contributed by atoms with E-state index >= 15 is 0 Å². The molecule has 0 saturated heterocycles. The first-order valence-corrected chi connectivity index (χ1v) is 11.6. The molecule has 0 aliphatic rings. The number of hydrogen-bond acceptors (Lipinski definition) is 8. The molecular weight excluding hydrogens is 474 g/mol. The van der Waals surface area contributed by atoms with Crippen molar-refractivity contribution in [1.82, 2.24) is 9.97 Å². The molecule has 1 atom stereocenters. The van der Waals surface area contributed by atoms with Gasteiger partial charge >= 0.3 is 5.97 Å². The topological polar surface area (TPSA) is 142 Å². The number of rotatable bonds is 11. The molecule has 0 aliphatic heterocycles. The molecule has 2 aromatic heterocycles. The number of carbonyl (C=O) groups excluding carboxylic acids is 1. The van der Waals surface area contributed by atoms with Gasteiger partial charge in [-0.05, 0) is 53.9 Å². The summed E-state index contributed by atoms with van der Waals surface area (Å²) < 4.78 is 0. The van der Waals surface area contributed by atoms with Crippen molar-refractivity contribution < 1.29 is 14.7 Å². The monoisotopic (exact) mass is 499 g/mol. The Morgan fingerprint density at radius 1 is 0.946 bits per heavy atom. The van der Waals surface area contributed by atoms with Crippen molar-refractivity contribution in [3.05, 3.63) is 110 Å². The lowest BCUT2D eigenvalue weighted by atomic mass is 10.0. The van der Waals surface area contributed by atoms with Crippen LogP contribution in [-0.2, 0) is 17.6 Å². The molecule has 0 fully saturated rings. The standard InChI is InChI=1S/C27H25N5O5/c1-32(14-10-17-8-12-28-13-9-17)23-22(24(33)25(23)34)31-21(27(36)37)15-18-4-6-20(7-5-18)30-26(35)19-3-2-11-29-16-19/h2-9,11-13,16,21,31H,10,14-15H2,1H3,(H,30,35)(H,36,37)/t21-/m0/s1. The van der Waals surface area contributed by atoms with Gasteiger partial charge in [-0.2, -0.15) is 0 Å². The van der Waals surface area contributed by atoms with Gasteiger partial charge in [-0.15, -0.1) is 0 Å². The molecule has 0 bridgehead atoms. The highest BCUT2D eigenvalue weighted by Gasteiger charge is 2.28. The van der Waals surface area contributed by atoms with Gasteiger partial charge in [0, 0.05) is 50.5 Å². The maximum Gasteiger partial charge on any atom is 0.326 e. The lowest BCUT2D eigenvalue weighted by Crippen LogP contribution is -2.45. The summed E-state index contributed by atoms with van der Waals surface area (Å²) in [6.07, 6.45) is 7.08. The van der Waals surface area contributed by atoms with E-state index in [1.165, 1.54) is 6.20 Å². The van der Waals surface area contributed by atoms with Gasteiger partial charge in [-0.3, -0.25) is 24.4 Å². The lowest BCUT2D eigenvalue weighted by molar-refractivity contribution is -0.137. The Balaban J connectivity index is 1.41. The Bertz CT molecular complexity index is 1450. The quantitative estimate of drug-likeness (QED) is 0.265. The van der Waals surface area contributed by atoms with E-state index in [1.807, 2.05) is 12.1 Å². The Hall–Kier alpha value is -4.86. The second-order valence-electron chi connectivity index (χ2n) is 8.54. The molecule has 2 aromatic carbocycles. The second kappa shape index (κ2) is 11.3. The Kier molecular flexibility index (Phi) is 7.68. The van der Waals surface area contributed by atoms with Crippen molar-refractivity contribution >= 4 is 28.9 Å². The first-order chi connectivity index (χ1) is 17.8. The number of amides is 1. The molecule has 0 radical (unpaired) electrons. The summed E-state index contributed by atoms with van der Waals surface area (Å²) in [6, 6.07) is 12.6. The summed E-state index contributed by atoms with van der Waals surface area (Å²) in [5.74, 6) is -1.47. The minimum Gasteiger partial charge on any atom is -0.480 e. The summed E-state index contributed by atoms with van der Waals surface area (Å²) in [5, 5.41) is 15.3. The van der Waals surface area contributed by atoms with Crippen LogP contribution >= 0.6 is 0 Å². The fourth-order valence-corrected chi connectivity index (χ4v) is 3.87. The highest BCUT2D eigenvalue weighted by atomic mass is 16.4. The van der Waals surface area contributed by atoms with Gasteiger partial charge in [0.1, 0.15) is 17.4 Å². The van der Waals surface area contributed by atoms with Crippen LogP contribution in [0, 0.1) is 0 Å². The molecular formula is C27H25N5O5. The van der Waals surface area contributed by atoms with Gasteiger partial charge < -0.3 is 20.6 Å². The van der Waals surface area contributed by atoms with Crippen molar-refractivity contribution in [2.75, 3.05) is 29.1 Å². The van der Waals surface area contributed by atoms with Gasteiger partial charge in [-0.25, -0.2) is 4.79 Å². The molecule has 2 heterocycles. The van der Waals surface area contributed by atoms with E-state index in [0.717, 1.165) is 5.56 Å². The third kappa shape index (κ3) is 6.04. The number of likely N-dealkylation sites (N-methyl/N-ethyl adjacent to an activating group) is 1. The van der Waals surface area contributed by atoms with E-state index in [0.29, 0.717) is 29.8 Å². The largest absolute Gasteiger partial charge is 0.480 e. The number of carbonyl (C=O) groups is 2. The zero-order chi connectivity index (χ0) is 26.4. The smallest absolute Gasteiger partial charge is 0.326 e. The molecule has 37 heavy (non-hydrogen) atoms. The number of hydrogen-bond donors (Lipinski definition) is 3. The summed E-state index contributed by atoms with van der Waals surface area (Å²) in [4.78, 5) is 58.4. The van der Waals surface area contributed by atoms with Crippen LogP contribution in [0.5, 0.6) is 0 Å². The molecule has 3 N–H and O–H groups in total.